The van der Waals surface area contributed by atoms with Gasteiger partial charge < -0.3 is 0 Å². The minimum absolute atomic E-state index is 0.0457. The van der Waals surface area contributed by atoms with Gasteiger partial charge in [-0.25, -0.2) is 0 Å². The van der Waals surface area contributed by atoms with E-state index in [2.05, 4.69) is 5.10 Å². The number of nitrogens with zero attached hydrogens (tertiary/aromatic N) is 3. The van der Waals surface area contributed by atoms with Crippen molar-refractivity contribution in [2.75, 3.05) is 0 Å². The molecule has 0 saturated heterocycles. The molecule has 0 atom stereocenters. The fraction of sp³-hybridized carbons (Fsp3) is 0.111. The van der Waals surface area contributed by atoms with E-state index in [1.54, 1.807) is 13.1 Å². The first-order chi connectivity index (χ1) is 7.15. The first-order valence-electron chi connectivity index (χ1n) is 4.20. The summed E-state index contributed by atoms with van der Waals surface area (Å²) in [5.41, 5.74) is 0.538. The maximum atomic E-state index is 10.7. The number of non-ortho nitro benzene ring substituents is 1. The molecule has 6 nitrogen and oxygen atoms in total. The van der Waals surface area contributed by atoms with Gasteiger partial charge in [0.05, 0.1) is 4.92 Å². The van der Waals surface area contributed by atoms with E-state index < -0.39 is 4.92 Å². The summed E-state index contributed by atoms with van der Waals surface area (Å²) < 4.78 is 1.34. The lowest BCUT2D eigenvalue weighted by molar-refractivity contribution is -0.383. The van der Waals surface area contributed by atoms with Gasteiger partial charge in [-0.15, -0.1) is 0 Å². The van der Waals surface area contributed by atoms with Crippen LogP contribution in [-0.2, 0) is 7.05 Å². The van der Waals surface area contributed by atoms with Crippen LogP contribution in [0.2, 0.25) is 0 Å². The second kappa shape index (κ2) is 3.16. The van der Waals surface area contributed by atoms with Crippen LogP contribution in [0.25, 0.3) is 10.9 Å². The Morgan fingerprint density at radius 1 is 1.53 bits per heavy atom. The van der Waals surface area contributed by atoms with Crippen molar-refractivity contribution in [3.63, 3.8) is 0 Å². The molecule has 6 heteroatoms. The molecule has 0 saturated carbocycles. The van der Waals surface area contributed by atoms with Gasteiger partial charge in [0.25, 0.3) is 5.69 Å². The summed E-state index contributed by atoms with van der Waals surface area (Å²) in [4.78, 5) is 20.9. The zero-order valence-electron chi connectivity index (χ0n) is 7.88. The maximum absolute atomic E-state index is 10.7. The minimum atomic E-state index is -0.488. The van der Waals surface area contributed by atoms with Gasteiger partial charge in [0.2, 0.25) is 0 Å². The Morgan fingerprint density at radius 3 is 2.87 bits per heavy atom. The van der Waals surface area contributed by atoms with E-state index in [0.29, 0.717) is 17.2 Å². The topological polar surface area (TPSA) is 78.0 Å². The smallest absolute Gasteiger partial charge is 0.295 e. The summed E-state index contributed by atoms with van der Waals surface area (Å²) in [5, 5.41) is 15.1. The number of para-hydroxylation sites is 1. The van der Waals surface area contributed by atoms with E-state index in [9.17, 15) is 14.9 Å². The Balaban J connectivity index is 2.92. The molecular formula is C9H7N3O3. The molecule has 0 aliphatic heterocycles. The van der Waals surface area contributed by atoms with Gasteiger partial charge in [-0.05, 0) is 6.07 Å². The summed E-state index contributed by atoms with van der Waals surface area (Å²) >= 11 is 0. The average molecular weight is 205 g/mol. The number of carbonyl (C=O) groups excluding carboxylic acids is 1. The second-order valence-corrected chi connectivity index (χ2v) is 3.06. The highest BCUT2D eigenvalue weighted by Crippen LogP contribution is 2.26. The van der Waals surface area contributed by atoms with Gasteiger partial charge in [0, 0.05) is 18.5 Å². The number of benzene rings is 1. The standard InChI is InChI=1S/C9H7N3O3/c1-11-9-6(7(5-13)10-11)3-2-4-8(9)12(14)15/h2-5H,1H3. The third-order valence-electron chi connectivity index (χ3n) is 2.18. The van der Waals surface area contributed by atoms with Crippen molar-refractivity contribution in [3.05, 3.63) is 34.0 Å². The van der Waals surface area contributed by atoms with Crippen molar-refractivity contribution in [2.24, 2.45) is 7.05 Å². The van der Waals surface area contributed by atoms with E-state index in [1.807, 2.05) is 0 Å². The normalized spacial score (nSPS) is 10.5. The summed E-state index contributed by atoms with van der Waals surface area (Å²) in [6.07, 6.45) is 0.589. The van der Waals surface area contributed by atoms with Crippen LogP contribution < -0.4 is 0 Å². The Kier molecular flexibility index (Phi) is 1.96. The molecule has 2 rings (SSSR count). The zero-order valence-corrected chi connectivity index (χ0v) is 7.88. The molecule has 0 amide bonds. The van der Waals surface area contributed by atoms with Gasteiger partial charge in [-0.1, -0.05) is 6.07 Å². The van der Waals surface area contributed by atoms with Crippen LogP contribution in [0.4, 0.5) is 5.69 Å². The van der Waals surface area contributed by atoms with Gasteiger partial charge in [0.15, 0.2) is 6.29 Å². The summed E-state index contributed by atoms with van der Waals surface area (Å²) in [6, 6.07) is 4.56. The first-order valence-corrected chi connectivity index (χ1v) is 4.20. The zero-order chi connectivity index (χ0) is 11.0. The Hall–Kier alpha value is -2.24. The van der Waals surface area contributed by atoms with E-state index >= 15 is 0 Å². The van der Waals surface area contributed by atoms with Gasteiger partial charge in [-0.3, -0.25) is 19.6 Å². The summed E-state index contributed by atoms with van der Waals surface area (Å²) in [5.74, 6) is 0. The predicted molar refractivity (Wildman–Crippen MR) is 52.8 cm³/mol. The lowest BCUT2D eigenvalue weighted by Gasteiger charge is -1.95. The number of nitro groups is 1. The molecule has 0 aliphatic carbocycles. The molecule has 15 heavy (non-hydrogen) atoms. The number of nitro benzene ring substituents is 1. The van der Waals surface area contributed by atoms with Crippen LogP contribution in [0.5, 0.6) is 0 Å². The van der Waals surface area contributed by atoms with E-state index in [1.165, 1.54) is 16.8 Å². The SMILES string of the molecule is Cn1nc(C=O)c2cccc([N+](=O)[O-])c21. The minimum Gasteiger partial charge on any atom is -0.296 e. The van der Waals surface area contributed by atoms with E-state index in [0.717, 1.165) is 0 Å². The predicted octanol–water partition coefficient (Wildman–Crippen LogP) is 1.29. The van der Waals surface area contributed by atoms with E-state index in [4.69, 9.17) is 0 Å². The number of hydrogen-bond acceptors (Lipinski definition) is 4. The Morgan fingerprint density at radius 2 is 2.27 bits per heavy atom. The van der Waals surface area contributed by atoms with Crippen LogP contribution in [-0.4, -0.2) is 21.0 Å². The van der Waals surface area contributed by atoms with Crippen molar-refractivity contribution in [1.82, 2.24) is 9.78 Å². The molecule has 1 aromatic heterocycles. The van der Waals surface area contributed by atoms with Crippen LogP contribution in [0.1, 0.15) is 10.5 Å². The van der Waals surface area contributed by atoms with Gasteiger partial charge >= 0.3 is 0 Å². The van der Waals surface area contributed by atoms with Gasteiger partial charge in [-0.2, -0.15) is 5.10 Å². The molecular weight excluding hydrogens is 198 g/mol. The number of rotatable bonds is 2. The number of aldehydes is 1. The third-order valence-corrected chi connectivity index (χ3v) is 2.18. The van der Waals surface area contributed by atoms with Crippen LogP contribution in [0.3, 0.4) is 0 Å². The summed E-state index contributed by atoms with van der Waals surface area (Å²) in [6.45, 7) is 0. The molecule has 0 N–H and O–H groups in total. The third kappa shape index (κ3) is 1.26. The highest BCUT2D eigenvalue weighted by Gasteiger charge is 2.18. The molecule has 2 aromatic rings. The van der Waals surface area contributed by atoms with Crippen LogP contribution >= 0.6 is 0 Å². The van der Waals surface area contributed by atoms with Crippen molar-refractivity contribution in [3.8, 4) is 0 Å². The molecule has 0 spiro atoms. The van der Waals surface area contributed by atoms with E-state index in [-0.39, 0.29) is 11.4 Å². The van der Waals surface area contributed by atoms with Gasteiger partial charge in [0.1, 0.15) is 11.2 Å². The number of fused-ring (bicyclic) bond motifs is 1. The first kappa shape index (κ1) is 9.32. The lowest BCUT2D eigenvalue weighted by Crippen LogP contribution is -1.95. The molecule has 0 fully saturated rings. The molecule has 1 aromatic carbocycles. The van der Waals surface area contributed by atoms with Crippen molar-refractivity contribution >= 4 is 22.9 Å². The fourth-order valence-corrected chi connectivity index (χ4v) is 1.58. The Bertz CT molecular complexity index is 559. The average Bonchev–Trinajstić information content (AvgIpc) is 2.55. The number of hydrogen-bond donors (Lipinski definition) is 0. The molecule has 0 aliphatic rings. The highest BCUT2D eigenvalue weighted by atomic mass is 16.6. The lowest BCUT2D eigenvalue weighted by atomic mass is 10.2. The maximum Gasteiger partial charge on any atom is 0.295 e. The van der Waals surface area contributed by atoms with Crippen LogP contribution in [0, 0.1) is 10.1 Å². The summed E-state index contributed by atoms with van der Waals surface area (Å²) in [7, 11) is 1.57. The Labute approximate surface area is 84.3 Å². The number of carbonyl (C=O) groups is 1. The van der Waals surface area contributed by atoms with Crippen molar-refractivity contribution in [2.45, 2.75) is 0 Å². The molecule has 76 valence electrons. The second-order valence-electron chi connectivity index (χ2n) is 3.06. The number of aromatic nitrogens is 2. The molecule has 0 unspecified atom stereocenters. The monoisotopic (exact) mass is 205 g/mol. The van der Waals surface area contributed by atoms with Crippen LogP contribution in [0.15, 0.2) is 18.2 Å². The molecule has 0 bridgehead atoms. The molecule has 0 radical (unpaired) electrons. The highest BCUT2D eigenvalue weighted by molar-refractivity contribution is 5.99. The number of aryl methyl sites for hydroxylation is 1. The largest absolute Gasteiger partial charge is 0.296 e. The fourth-order valence-electron chi connectivity index (χ4n) is 1.58. The van der Waals surface area contributed by atoms with Crippen molar-refractivity contribution in [1.29, 1.82) is 0 Å². The quantitative estimate of drug-likeness (QED) is 0.420. The molecule has 1 heterocycles. The van der Waals surface area contributed by atoms with Crippen molar-refractivity contribution < 1.29 is 9.72 Å².